The summed E-state index contributed by atoms with van der Waals surface area (Å²) in [7, 11) is 0. The van der Waals surface area contributed by atoms with Crippen LogP contribution in [0.25, 0.3) is 0 Å². The number of halogens is 1. The van der Waals surface area contributed by atoms with Crippen LogP contribution in [0, 0.1) is 5.41 Å². The van der Waals surface area contributed by atoms with Gasteiger partial charge in [-0.3, -0.25) is 14.6 Å². The van der Waals surface area contributed by atoms with Crippen molar-refractivity contribution in [2.75, 3.05) is 13.1 Å². The number of carbonyl (C=O) groups excluding carboxylic acids is 2. The Balaban J connectivity index is 1.62. The van der Waals surface area contributed by atoms with Crippen LogP contribution in [0.5, 0.6) is 0 Å². The van der Waals surface area contributed by atoms with Crippen LogP contribution in [0.4, 0.5) is 0 Å². The predicted molar refractivity (Wildman–Crippen MR) is 120 cm³/mol. The average Bonchev–Trinajstić information content (AvgIpc) is 2.68. The van der Waals surface area contributed by atoms with Crippen molar-refractivity contribution in [1.29, 1.82) is 0 Å². The molecule has 1 N–H and O–H groups in total. The van der Waals surface area contributed by atoms with Crippen molar-refractivity contribution in [3.8, 4) is 0 Å². The second kappa shape index (κ2) is 8.76. The molecule has 160 valence electrons. The number of pyridine rings is 1. The summed E-state index contributed by atoms with van der Waals surface area (Å²) in [5, 5.41) is 3.70. The smallest absolute Gasteiger partial charge is 0.253 e. The molecule has 1 saturated heterocycles. The van der Waals surface area contributed by atoms with Crippen LogP contribution in [-0.2, 0) is 4.79 Å². The van der Waals surface area contributed by atoms with E-state index in [2.05, 4.69) is 36.3 Å². The van der Waals surface area contributed by atoms with Crippen LogP contribution in [0.3, 0.4) is 0 Å². The lowest BCUT2D eigenvalue weighted by atomic mass is 9.70. The van der Waals surface area contributed by atoms with Crippen molar-refractivity contribution in [2.45, 2.75) is 52.0 Å². The van der Waals surface area contributed by atoms with E-state index in [1.54, 1.807) is 18.3 Å². The summed E-state index contributed by atoms with van der Waals surface area (Å²) >= 11 is 6.04. The molecule has 1 unspecified atom stereocenters. The fourth-order valence-corrected chi connectivity index (χ4v) is 4.42. The van der Waals surface area contributed by atoms with Gasteiger partial charge in [0, 0.05) is 42.5 Å². The zero-order chi connectivity index (χ0) is 21.9. The fourth-order valence-electron chi connectivity index (χ4n) is 4.29. The van der Waals surface area contributed by atoms with Gasteiger partial charge in [-0.15, -0.1) is 0 Å². The predicted octanol–water partition coefficient (Wildman–Crippen LogP) is 4.68. The van der Waals surface area contributed by atoms with Gasteiger partial charge in [-0.2, -0.15) is 0 Å². The normalized spacial score (nSPS) is 18.7. The van der Waals surface area contributed by atoms with Crippen molar-refractivity contribution in [3.63, 3.8) is 0 Å². The first kappa shape index (κ1) is 22.3. The van der Waals surface area contributed by atoms with E-state index in [4.69, 9.17) is 11.6 Å². The highest BCUT2D eigenvalue weighted by molar-refractivity contribution is 6.30. The Bertz CT molecular complexity index is 894. The van der Waals surface area contributed by atoms with Crippen molar-refractivity contribution < 1.29 is 9.59 Å². The third-order valence-electron chi connectivity index (χ3n) is 5.82. The van der Waals surface area contributed by atoms with Crippen molar-refractivity contribution in [2.24, 2.45) is 5.41 Å². The quantitative estimate of drug-likeness (QED) is 0.753. The first-order valence-electron chi connectivity index (χ1n) is 10.3. The molecule has 3 rings (SSSR count). The van der Waals surface area contributed by atoms with E-state index < -0.39 is 5.54 Å². The maximum Gasteiger partial charge on any atom is 0.253 e. The maximum absolute atomic E-state index is 13.1. The Morgan fingerprint density at radius 1 is 1.23 bits per heavy atom. The van der Waals surface area contributed by atoms with Crippen LogP contribution >= 0.6 is 11.6 Å². The summed E-state index contributed by atoms with van der Waals surface area (Å²) in [5.41, 5.74) is 1.05. The average molecular weight is 428 g/mol. The monoisotopic (exact) mass is 427 g/mol. The van der Waals surface area contributed by atoms with Gasteiger partial charge in [-0.1, -0.05) is 37.6 Å². The van der Waals surface area contributed by atoms with Gasteiger partial charge in [-0.05, 0) is 61.4 Å². The SMILES string of the molecule is CC(C)(CC(=O)N1CCC(c2ccc(Cl)cc2)C(C)(C)C1)NC(=O)c1cccnc1. The maximum atomic E-state index is 13.1. The van der Waals surface area contributed by atoms with Crippen LogP contribution in [0.2, 0.25) is 5.02 Å². The molecule has 0 saturated carbocycles. The number of rotatable bonds is 5. The molecule has 1 fully saturated rings. The summed E-state index contributed by atoms with van der Waals surface area (Å²) < 4.78 is 0. The van der Waals surface area contributed by atoms with Gasteiger partial charge >= 0.3 is 0 Å². The zero-order valence-electron chi connectivity index (χ0n) is 18.1. The van der Waals surface area contributed by atoms with Gasteiger partial charge in [0.05, 0.1) is 5.56 Å². The van der Waals surface area contributed by atoms with Crippen molar-refractivity contribution >= 4 is 23.4 Å². The van der Waals surface area contributed by atoms with Gasteiger partial charge in [0.15, 0.2) is 0 Å². The Labute approximate surface area is 183 Å². The molecule has 1 aromatic carbocycles. The third kappa shape index (κ3) is 5.39. The number of hydrogen-bond donors (Lipinski definition) is 1. The molecular formula is C24H30ClN3O2. The van der Waals surface area contributed by atoms with E-state index in [-0.39, 0.29) is 23.7 Å². The number of aromatic nitrogens is 1. The highest BCUT2D eigenvalue weighted by atomic mass is 35.5. The number of hydrogen-bond acceptors (Lipinski definition) is 3. The molecule has 6 heteroatoms. The first-order chi connectivity index (χ1) is 14.1. The molecular weight excluding hydrogens is 398 g/mol. The van der Waals surface area contributed by atoms with Crippen molar-refractivity contribution in [3.05, 3.63) is 64.9 Å². The van der Waals surface area contributed by atoms with Gasteiger partial charge in [0.2, 0.25) is 5.91 Å². The number of likely N-dealkylation sites (tertiary alicyclic amines) is 1. The third-order valence-corrected chi connectivity index (χ3v) is 6.08. The molecule has 1 aliphatic heterocycles. The number of piperidine rings is 1. The lowest BCUT2D eigenvalue weighted by Crippen LogP contribution is -2.51. The Kier molecular flexibility index (Phi) is 6.51. The Morgan fingerprint density at radius 3 is 2.53 bits per heavy atom. The van der Waals surface area contributed by atoms with Crippen LogP contribution < -0.4 is 5.32 Å². The lowest BCUT2D eigenvalue weighted by molar-refractivity contribution is -0.136. The van der Waals surface area contributed by atoms with Crippen LogP contribution in [0.15, 0.2) is 48.8 Å². The molecule has 1 atom stereocenters. The highest BCUT2D eigenvalue weighted by Gasteiger charge is 2.39. The largest absolute Gasteiger partial charge is 0.347 e. The number of amides is 2. The molecule has 5 nitrogen and oxygen atoms in total. The Hall–Kier alpha value is -2.40. The molecule has 0 bridgehead atoms. The first-order valence-corrected chi connectivity index (χ1v) is 10.7. The van der Waals surface area contributed by atoms with E-state index >= 15 is 0 Å². The van der Waals surface area contributed by atoms with Gasteiger partial charge in [0.25, 0.3) is 5.91 Å². The minimum atomic E-state index is -0.652. The summed E-state index contributed by atoms with van der Waals surface area (Å²) in [6.07, 6.45) is 4.31. The summed E-state index contributed by atoms with van der Waals surface area (Å²) in [6, 6.07) is 11.5. The van der Waals surface area contributed by atoms with E-state index in [9.17, 15) is 9.59 Å². The number of nitrogens with zero attached hydrogens (tertiary/aromatic N) is 2. The van der Waals surface area contributed by atoms with Crippen LogP contribution in [-0.4, -0.2) is 40.3 Å². The molecule has 0 radical (unpaired) electrons. The topological polar surface area (TPSA) is 62.3 Å². The molecule has 1 aromatic heterocycles. The molecule has 2 heterocycles. The zero-order valence-corrected chi connectivity index (χ0v) is 18.9. The second-order valence-electron chi connectivity index (χ2n) is 9.45. The summed E-state index contributed by atoms with van der Waals surface area (Å²) in [5.74, 6) is 0.217. The number of carbonyl (C=O) groups is 2. The fraction of sp³-hybridized carbons (Fsp3) is 0.458. The van der Waals surface area contributed by atoms with E-state index in [1.807, 2.05) is 30.9 Å². The minimum absolute atomic E-state index is 0.0508. The summed E-state index contributed by atoms with van der Waals surface area (Å²) in [4.78, 5) is 31.4. The molecule has 0 aliphatic carbocycles. The summed E-state index contributed by atoms with van der Waals surface area (Å²) in [6.45, 7) is 9.57. The van der Waals surface area contributed by atoms with E-state index in [1.165, 1.54) is 11.8 Å². The molecule has 0 spiro atoms. The Morgan fingerprint density at radius 2 is 1.93 bits per heavy atom. The second-order valence-corrected chi connectivity index (χ2v) is 9.89. The molecule has 30 heavy (non-hydrogen) atoms. The van der Waals surface area contributed by atoms with E-state index in [0.717, 1.165) is 11.4 Å². The number of benzene rings is 1. The van der Waals surface area contributed by atoms with Crippen LogP contribution in [0.1, 0.15) is 62.4 Å². The molecule has 2 aromatic rings. The van der Waals surface area contributed by atoms with E-state index in [0.29, 0.717) is 24.6 Å². The van der Waals surface area contributed by atoms with Crippen molar-refractivity contribution in [1.82, 2.24) is 15.2 Å². The van der Waals surface area contributed by atoms with Gasteiger partial charge in [0.1, 0.15) is 0 Å². The minimum Gasteiger partial charge on any atom is -0.347 e. The van der Waals surface area contributed by atoms with Gasteiger partial charge < -0.3 is 10.2 Å². The highest BCUT2D eigenvalue weighted by Crippen LogP contribution is 2.42. The van der Waals surface area contributed by atoms with Gasteiger partial charge in [-0.25, -0.2) is 0 Å². The molecule has 1 aliphatic rings. The number of nitrogens with one attached hydrogen (secondary N) is 1. The molecule has 2 amide bonds. The standard InChI is InChI=1S/C24H30ClN3O2/c1-23(2)16-28(13-11-20(23)17-7-9-19(25)10-8-17)21(29)14-24(3,4)27-22(30)18-6-5-12-26-15-18/h5-10,12,15,20H,11,13-14,16H2,1-4H3,(H,27,30). The lowest BCUT2D eigenvalue weighted by Gasteiger charge is -2.45.